The first kappa shape index (κ1) is 82.7. The van der Waals surface area contributed by atoms with Gasteiger partial charge in [0.1, 0.15) is 48.8 Å². The van der Waals surface area contributed by atoms with Gasteiger partial charge in [0, 0.05) is 6.42 Å². The monoisotopic (exact) mass is 1270 g/mol. The molecule has 12 unspecified atom stereocenters. The van der Waals surface area contributed by atoms with E-state index in [0.29, 0.717) is 6.42 Å². The Morgan fingerprint density at radius 3 is 1.16 bits per heavy atom. The summed E-state index contributed by atoms with van der Waals surface area (Å²) < 4.78 is 22.8. The second-order valence-electron chi connectivity index (χ2n) is 23.9. The van der Waals surface area contributed by atoms with Gasteiger partial charge in [-0.3, -0.25) is 4.79 Å². The zero-order chi connectivity index (χ0) is 65.9. The standard InChI is InChI=1S/C77H125NO13/c1-3-5-7-9-11-13-15-17-19-21-22-23-24-25-26-27-28-29-30-31-32-33-34-35-36-37-38-39-40-41-42-43-44-45-47-49-51-53-55-57-59-61-69(82)78-65(66(81)60-58-56-54-52-50-48-46-20-18-16-14-12-10-8-6-4-2)64-88-76-74(87)72(85)75(68(63-80)90-76)91-77-73(86)71(84)70(83)67(62-79)89-77/h5,7,11,13,17,19,22-23,25-26,28-29,31-32,34-35,37-38,40-41,43-44,47,49,58,60,65-68,70-77,79-81,83-87H,3-4,6,8-10,12,14-16,18,20-21,24,27,30,33,36,39,42,45-46,48,50-57,59,61-64H2,1-2H3,(H,78,82)/b7-5-,13-11-,19-17-,23-22-,26-25-,29-28-,32-31-,35-34-,38-37-,41-40-,44-43-,49-47-,60-58+. The van der Waals surface area contributed by atoms with Crippen molar-refractivity contribution in [1.29, 1.82) is 0 Å². The van der Waals surface area contributed by atoms with Crippen molar-refractivity contribution in [3.05, 3.63) is 158 Å². The predicted octanol–water partition coefficient (Wildman–Crippen LogP) is 14.6. The van der Waals surface area contributed by atoms with Gasteiger partial charge < -0.3 is 65.1 Å². The van der Waals surface area contributed by atoms with Gasteiger partial charge in [0.05, 0.1) is 32.0 Å². The Labute approximate surface area is 550 Å². The number of carbonyl (C=O) groups is 1. The molecule has 0 radical (unpaired) electrons. The molecule has 2 rings (SSSR count). The highest BCUT2D eigenvalue weighted by atomic mass is 16.7. The average molecular weight is 1270 g/mol. The first-order valence-corrected chi connectivity index (χ1v) is 35.2. The van der Waals surface area contributed by atoms with Crippen molar-refractivity contribution in [2.75, 3.05) is 19.8 Å². The molecule has 2 saturated heterocycles. The van der Waals surface area contributed by atoms with E-state index in [1.165, 1.54) is 70.6 Å². The Morgan fingerprint density at radius 2 is 0.758 bits per heavy atom. The first-order valence-electron chi connectivity index (χ1n) is 35.2. The van der Waals surface area contributed by atoms with Crippen LogP contribution in [-0.2, 0) is 23.7 Å². The van der Waals surface area contributed by atoms with Gasteiger partial charge in [-0.1, -0.05) is 268 Å². The molecule has 0 aromatic heterocycles. The molecule has 91 heavy (non-hydrogen) atoms. The Kier molecular flexibility index (Phi) is 53.9. The van der Waals surface area contributed by atoms with Gasteiger partial charge in [-0.05, 0) is 109 Å². The summed E-state index contributed by atoms with van der Waals surface area (Å²) in [6.07, 6.45) is 74.3. The molecule has 0 aromatic carbocycles. The maximum absolute atomic E-state index is 13.3. The molecule has 2 heterocycles. The van der Waals surface area contributed by atoms with Crippen LogP contribution in [0.5, 0.6) is 0 Å². The maximum atomic E-state index is 13.3. The third kappa shape index (κ3) is 43.3. The number of nitrogens with one attached hydrogen (secondary N) is 1. The molecular formula is C77H125NO13. The molecular weight excluding hydrogens is 1150 g/mol. The van der Waals surface area contributed by atoms with E-state index in [4.69, 9.17) is 18.9 Å². The Morgan fingerprint density at radius 1 is 0.407 bits per heavy atom. The van der Waals surface area contributed by atoms with Crippen LogP contribution in [0.3, 0.4) is 0 Å². The molecule has 2 aliphatic rings. The van der Waals surface area contributed by atoms with E-state index < -0.39 is 86.8 Å². The van der Waals surface area contributed by atoms with Crippen LogP contribution < -0.4 is 5.32 Å². The highest BCUT2D eigenvalue weighted by molar-refractivity contribution is 5.76. The summed E-state index contributed by atoms with van der Waals surface area (Å²) in [5, 5.41) is 87.3. The minimum Gasteiger partial charge on any atom is -0.394 e. The SMILES string of the molecule is CC/C=C\C/C=C\C/C=C\C/C=C\C/C=C\C/C=C\C/C=C\C/C=C\C/C=C\C/C=C\C/C=C\C/C=C\CCCCCCC(=O)NC(COC1OC(CO)C(OC2OC(CO)C(O)C(O)C2O)C(O)C1O)C(O)/C=C/CCCCCCCCCCCCCCCC. The summed E-state index contributed by atoms with van der Waals surface area (Å²) in [5.74, 6) is -0.270. The zero-order valence-electron chi connectivity index (χ0n) is 56.0. The molecule has 0 saturated carbocycles. The molecule has 2 aliphatic heterocycles. The van der Waals surface area contributed by atoms with Gasteiger partial charge >= 0.3 is 0 Å². The Hall–Kier alpha value is -4.39. The van der Waals surface area contributed by atoms with Crippen LogP contribution >= 0.6 is 0 Å². The number of amides is 1. The number of unbranched alkanes of at least 4 members (excludes halogenated alkanes) is 18. The van der Waals surface area contributed by atoms with E-state index in [0.717, 1.165) is 128 Å². The number of hydrogen-bond donors (Lipinski definition) is 9. The zero-order valence-corrected chi connectivity index (χ0v) is 56.0. The largest absolute Gasteiger partial charge is 0.394 e. The fraction of sp³-hybridized carbons (Fsp3) is 0.649. The van der Waals surface area contributed by atoms with E-state index >= 15 is 0 Å². The van der Waals surface area contributed by atoms with Crippen LogP contribution in [0.25, 0.3) is 0 Å². The van der Waals surface area contributed by atoms with E-state index in [1.54, 1.807) is 6.08 Å². The third-order valence-corrected chi connectivity index (χ3v) is 16.0. The summed E-state index contributed by atoms with van der Waals surface area (Å²) in [6, 6.07) is -0.940. The lowest BCUT2D eigenvalue weighted by molar-refractivity contribution is -0.359. The van der Waals surface area contributed by atoms with Gasteiger partial charge in [-0.15, -0.1) is 0 Å². The number of hydrogen-bond acceptors (Lipinski definition) is 13. The van der Waals surface area contributed by atoms with E-state index in [-0.39, 0.29) is 18.9 Å². The van der Waals surface area contributed by atoms with Crippen LogP contribution in [0.2, 0.25) is 0 Å². The number of carbonyl (C=O) groups excluding carboxylic acids is 1. The van der Waals surface area contributed by atoms with Crippen molar-refractivity contribution in [3.63, 3.8) is 0 Å². The Bertz CT molecular complexity index is 2140. The molecule has 0 aliphatic carbocycles. The van der Waals surface area contributed by atoms with Crippen molar-refractivity contribution in [1.82, 2.24) is 5.32 Å². The minimum atomic E-state index is -1.80. The van der Waals surface area contributed by atoms with Crippen molar-refractivity contribution >= 4 is 5.91 Å². The van der Waals surface area contributed by atoms with E-state index in [1.807, 2.05) is 6.08 Å². The lowest BCUT2D eigenvalue weighted by Crippen LogP contribution is -2.65. The summed E-state index contributed by atoms with van der Waals surface area (Å²) in [7, 11) is 0. The molecule has 12 atom stereocenters. The molecule has 2 fully saturated rings. The molecule has 14 nitrogen and oxygen atoms in total. The fourth-order valence-electron chi connectivity index (χ4n) is 10.4. The van der Waals surface area contributed by atoms with Gasteiger partial charge in [-0.2, -0.15) is 0 Å². The summed E-state index contributed by atoms with van der Waals surface area (Å²) >= 11 is 0. The number of ether oxygens (including phenoxy) is 4. The summed E-state index contributed by atoms with van der Waals surface area (Å²) in [5.41, 5.74) is 0. The van der Waals surface area contributed by atoms with Gasteiger partial charge in [0.2, 0.25) is 5.91 Å². The maximum Gasteiger partial charge on any atom is 0.220 e. The molecule has 0 bridgehead atoms. The number of aliphatic hydroxyl groups excluding tert-OH is 8. The van der Waals surface area contributed by atoms with Crippen molar-refractivity contribution in [2.24, 2.45) is 0 Å². The van der Waals surface area contributed by atoms with Crippen LogP contribution in [0.1, 0.15) is 226 Å². The van der Waals surface area contributed by atoms with Gasteiger partial charge in [0.15, 0.2) is 12.6 Å². The molecule has 14 heteroatoms. The number of allylic oxidation sites excluding steroid dienone is 25. The average Bonchev–Trinajstić information content (AvgIpc) is 1.24. The molecule has 0 aromatic rings. The predicted molar refractivity (Wildman–Crippen MR) is 373 cm³/mol. The van der Waals surface area contributed by atoms with Crippen molar-refractivity contribution in [3.8, 4) is 0 Å². The third-order valence-electron chi connectivity index (χ3n) is 16.0. The summed E-state index contributed by atoms with van der Waals surface area (Å²) in [6.45, 7) is 2.65. The number of aliphatic hydroxyl groups is 8. The molecule has 1 amide bonds. The van der Waals surface area contributed by atoms with Crippen LogP contribution in [0.15, 0.2) is 158 Å². The molecule has 9 N–H and O–H groups in total. The second-order valence-corrected chi connectivity index (χ2v) is 23.9. The summed E-state index contributed by atoms with van der Waals surface area (Å²) in [4.78, 5) is 13.3. The minimum absolute atomic E-state index is 0.241. The Balaban J connectivity index is 1.66. The topological polar surface area (TPSA) is 228 Å². The fourth-order valence-corrected chi connectivity index (χ4v) is 10.4. The van der Waals surface area contributed by atoms with Crippen molar-refractivity contribution < 1.29 is 64.6 Å². The quantitative estimate of drug-likeness (QED) is 0.0204. The van der Waals surface area contributed by atoms with Crippen LogP contribution in [0, 0.1) is 0 Å². The smallest absolute Gasteiger partial charge is 0.220 e. The highest BCUT2D eigenvalue weighted by Gasteiger charge is 2.51. The lowest BCUT2D eigenvalue weighted by Gasteiger charge is -2.46. The van der Waals surface area contributed by atoms with Crippen LogP contribution in [-0.4, -0.2) is 140 Å². The lowest BCUT2D eigenvalue weighted by atomic mass is 9.97. The first-order chi connectivity index (χ1) is 44.6. The highest BCUT2D eigenvalue weighted by Crippen LogP contribution is 2.30. The van der Waals surface area contributed by atoms with Crippen molar-refractivity contribution in [2.45, 2.75) is 299 Å². The van der Waals surface area contributed by atoms with Gasteiger partial charge in [-0.25, -0.2) is 0 Å². The number of rotatable bonds is 55. The van der Waals surface area contributed by atoms with Crippen LogP contribution in [0.4, 0.5) is 0 Å². The van der Waals surface area contributed by atoms with E-state index in [9.17, 15) is 45.6 Å². The van der Waals surface area contributed by atoms with Gasteiger partial charge in [0.25, 0.3) is 0 Å². The molecule has 0 spiro atoms. The molecule has 516 valence electrons. The normalized spacial score (nSPS) is 23.8. The second kappa shape index (κ2) is 59.4. The van der Waals surface area contributed by atoms with E-state index in [2.05, 4.69) is 165 Å².